The Labute approximate surface area is 300 Å². The normalized spacial score (nSPS) is 11.4. The Kier molecular flexibility index (Phi) is 6.37. The molecule has 3 nitrogen and oxygen atoms in total. The molecule has 1 aliphatic rings. The molecular weight excluding hydrogens is 631 g/mol. The highest BCUT2D eigenvalue weighted by molar-refractivity contribution is 6.27. The van der Waals surface area contributed by atoms with Crippen molar-refractivity contribution in [1.82, 2.24) is 0 Å². The molecule has 1 aliphatic carbocycles. The van der Waals surface area contributed by atoms with E-state index in [1.54, 1.807) is 0 Å². The minimum atomic E-state index is 0.622. The van der Waals surface area contributed by atoms with Gasteiger partial charge >= 0.3 is 0 Å². The third-order valence-corrected chi connectivity index (χ3v) is 10.7. The van der Waals surface area contributed by atoms with E-state index in [2.05, 4.69) is 109 Å². The molecule has 10 rings (SSSR count). The fourth-order valence-corrected chi connectivity index (χ4v) is 8.31. The predicted molar refractivity (Wildman–Crippen MR) is 211 cm³/mol. The SMILES string of the molecule is N#Cc1ccc(-c2ccc3c4c(cccc24)-c2cc4c(cc2-3)c(-c2cccc(C#N)c2)cc2c3ccccc3c(-c3cccc(C#N)c3)cc42)cc1. The van der Waals surface area contributed by atoms with Crippen molar-refractivity contribution in [3.63, 3.8) is 0 Å². The number of rotatable bonds is 3. The lowest BCUT2D eigenvalue weighted by atomic mass is 9.85. The van der Waals surface area contributed by atoms with Crippen molar-refractivity contribution in [3.8, 4) is 73.8 Å². The quantitative estimate of drug-likeness (QED) is 0.178. The Balaban J connectivity index is 1.32. The van der Waals surface area contributed by atoms with Crippen molar-refractivity contribution in [1.29, 1.82) is 15.8 Å². The number of hydrogen-bond donors (Lipinski definition) is 0. The van der Waals surface area contributed by atoms with Crippen LogP contribution in [0.25, 0.3) is 98.7 Å². The third kappa shape index (κ3) is 4.30. The zero-order chi connectivity index (χ0) is 34.9. The van der Waals surface area contributed by atoms with Gasteiger partial charge < -0.3 is 0 Å². The van der Waals surface area contributed by atoms with Gasteiger partial charge in [-0.25, -0.2) is 0 Å². The molecule has 236 valence electrons. The van der Waals surface area contributed by atoms with Gasteiger partial charge in [-0.05, 0) is 159 Å². The summed E-state index contributed by atoms with van der Waals surface area (Å²) in [5, 5.41) is 38.2. The van der Waals surface area contributed by atoms with E-state index < -0.39 is 0 Å². The maximum absolute atomic E-state index is 9.87. The molecular formula is C49H25N3. The highest BCUT2D eigenvalue weighted by atomic mass is 14.3. The van der Waals surface area contributed by atoms with E-state index in [0.717, 1.165) is 65.7 Å². The first-order valence-corrected chi connectivity index (χ1v) is 17.2. The molecule has 0 unspecified atom stereocenters. The van der Waals surface area contributed by atoms with Crippen molar-refractivity contribution < 1.29 is 0 Å². The molecule has 0 radical (unpaired) electrons. The van der Waals surface area contributed by atoms with Crippen molar-refractivity contribution in [2.75, 3.05) is 0 Å². The Hall–Kier alpha value is -7.51. The largest absolute Gasteiger partial charge is 0.192 e. The molecule has 0 saturated heterocycles. The number of nitrogens with zero attached hydrogens (tertiary/aromatic N) is 3. The maximum Gasteiger partial charge on any atom is 0.0991 e. The van der Waals surface area contributed by atoms with E-state index >= 15 is 0 Å². The maximum atomic E-state index is 9.87. The Bertz CT molecular complexity index is 3150. The van der Waals surface area contributed by atoms with E-state index in [1.807, 2.05) is 60.7 Å². The van der Waals surface area contributed by atoms with Crippen LogP contribution in [-0.4, -0.2) is 0 Å². The van der Waals surface area contributed by atoms with Crippen LogP contribution in [0.1, 0.15) is 16.7 Å². The lowest BCUT2D eigenvalue weighted by Crippen LogP contribution is -1.91. The van der Waals surface area contributed by atoms with E-state index in [9.17, 15) is 15.8 Å². The van der Waals surface area contributed by atoms with Gasteiger partial charge in [-0.2, -0.15) is 15.8 Å². The van der Waals surface area contributed by atoms with E-state index in [0.29, 0.717) is 16.7 Å². The second-order valence-electron chi connectivity index (χ2n) is 13.4. The predicted octanol–water partition coefficient (Wildman–Crippen LogP) is 12.6. The van der Waals surface area contributed by atoms with Crippen molar-refractivity contribution in [2.45, 2.75) is 0 Å². The number of hydrogen-bond acceptors (Lipinski definition) is 3. The van der Waals surface area contributed by atoms with Crippen molar-refractivity contribution >= 4 is 43.1 Å². The van der Waals surface area contributed by atoms with Crippen LogP contribution in [-0.2, 0) is 0 Å². The average Bonchev–Trinajstić information content (AvgIpc) is 3.53. The number of nitriles is 3. The summed E-state index contributed by atoms with van der Waals surface area (Å²) < 4.78 is 0. The summed E-state index contributed by atoms with van der Waals surface area (Å²) in [4.78, 5) is 0. The fourth-order valence-electron chi connectivity index (χ4n) is 8.31. The van der Waals surface area contributed by atoms with Crippen LogP contribution in [0.2, 0.25) is 0 Å². The molecule has 0 heterocycles. The van der Waals surface area contributed by atoms with Crippen LogP contribution in [0.5, 0.6) is 0 Å². The van der Waals surface area contributed by atoms with Gasteiger partial charge in [0.1, 0.15) is 0 Å². The van der Waals surface area contributed by atoms with E-state index in [1.165, 1.54) is 33.0 Å². The van der Waals surface area contributed by atoms with Crippen LogP contribution >= 0.6 is 0 Å². The topological polar surface area (TPSA) is 71.4 Å². The van der Waals surface area contributed by atoms with Crippen LogP contribution in [0.4, 0.5) is 0 Å². The Morgan fingerprint density at radius 3 is 1.44 bits per heavy atom. The molecule has 0 bridgehead atoms. The highest BCUT2D eigenvalue weighted by Gasteiger charge is 2.25. The molecule has 0 spiro atoms. The summed E-state index contributed by atoms with van der Waals surface area (Å²) in [5.74, 6) is 0. The molecule has 9 aromatic rings. The first kappa shape index (κ1) is 29.4. The van der Waals surface area contributed by atoms with Crippen molar-refractivity contribution in [3.05, 3.63) is 168 Å². The first-order valence-electron chi connectivity index (χ1n) is 17.2. The fraction of sp³-hybridized carbons (Fsp3) is 0. The van der Waals surface area contributed by atoms with Gasteiger partial charge in [0.25, 0.3) is 0 Å². The van der Waals surface area contributed by atoms with Gasteiger partial charge in [0.05, 0.1) is 34.9 Å². The molecule has 0 atom stereocenters. The van der Waals surface area contributed by atoms with Gasteiger partial charge in [0, 0.05) is 0 Å². The summed E-state index contributed by atoms with van der Waals surface area (Å²) in [7, 11) is 0. The van der Waals surface area contributed by atoms with E-state index in [4.69, 9.17) is 0 Å². The molecule has 0 N–H and O–H groups in total. The lowest BCUT2D eigenvalue weighted by molar-refractivity contribution is 1.48. The Morgan fingerprint density at radius 1 is 0.269 bits per heavy atom. The summed E-state index contributed by atoms with van der Waals surface area (Å²) in [6.07, 6.45) is 0. The van der Waals surface area contributed by atoms with Gasteiger partial charge in [-0.1, -0.05) is 91.0 Å². The molecule has 3 heteroatoms. The van der Waals surface area contributed by atoms with E-state index in [-0.39, 0.29) is 0 Å². The zero-order valence-electron chi connectivity index (χ0n) is 27.8. The molecule has 0 aromatic heterocycles. The average molecular weight is 656 g/mol. The van der Waals surface area contributed by atoms with Crippen LogP contribution < -0.4 is 0 Å². The molecule has 52 heavy (non-hydrogen) atoms. The monoisotopic (exact) mass is 655 g/mol. The van der Waals surface area contributed by atoms with Crippen LogP contribution in [0, 0.1) is 34.0 Å². The summed E-state index contributed by atoms with van der Waals surface area (Å²) in [6.45, 7) is 0. The lowest BCUT2D eigenvalue weighted by Gasteiger charge is -2.18. The number of benzene rings is 9. The second kappa shape index (κ2) is 11.3. The third-order valence-electron chi connectivity index (χ3n) is 10.7. The first-order chi connectivity index (χ1) is 25.6. The summed E-state index contributed by atoms with van der Waals surface area (Å²) >= 11 is 0. The Morgan fingerprint density at radius 2 is 0.769 bits per heavy atom. The molecule has 0 amide bonds. The molecule has 9 aromatic carbocycles. The van der Waals surface area contributed by atoms with Gasteiger partial charge in [-0.15, -0.1) is 0 Å². The van der Waals surface area contributed by atoms with Gasteiger partial charge in [0.15, 0.2) is 0 Å². The highest BCUT2D eigenvalue weighted by Crippen LogP contribution is 2.52. The second-order valence-corrected chi connectivity index (χ2v) is 13.4. The minimum absolute atomic E-state index is 0.622. The molecule has 0 saturated carbocycles. The smallest absolute Gasteiger partial charge is 0.0991 e. The summed E-state index contributed by atoms with van der Waals surface area (Å²) in [6, 6.07) is 59.3. The zero-order valence-corrected chi connectivity index (χ0v) is 27.8. The van der Waals surface area contributed by atoms with Crippen LogP contribution in [0.3, 0.4) is 0 Å². The molecule has 0 fully saturated rings. The molecule has 0 aliphatic heterocycles. The standard InChI is InChI=1S/C49H25N3/c50-26-29-14-16-32(17-15-29)35-18-19-40-45-24-46-42(34-9-4-7-31(21-34)28-52)23-43-37-11-2-1-10-36(37)41(33-8-3-6-30(20-33)27-51)22-47(43)48(46)25-44(45)39-13-5-12-38(35)49(39)40/h1-25H. The summed E-state index contributed by atoms with van der Waals surface area (Å²) in [5.41, 5.74) is 13.0. The minimum Gasteiger partial charge on any atom is -0.192 e. The van der Waals surface area contributed by atoms with Crippen molar-refractivity contribution in [2.24, 2.45) is 0 Å². The van der Waals surface area contributed by atoms with Crippen LogP contribution in [0.15, 0.2) is 152 Å². The van der Waals surface area contributed by atoms with Gasteiger partial charge in [-0.3, -0.25) is 0 Å². The number of fused-ring (bicyclic) bond motifs is 8. The van der Waals surface area contributed by atoms with Gasteiger partial charge in [0.2, 0.25) is 0 Å².